The van der Waals surface area contributed by atoms with Crippen LogP contribution in [-0.2, 0) is 11.3 Å². The van der Waals surface area contributed by atoms with Gasteiger partial charge in [0.15, 0.2) is 5.69 Å². The van der Waals surface area contributed by atoms with E-state index in [0.717, 1.165) is 10.9 Å². The Kier molecular flexibility index (Phi) is 3.31. The van der Waals surface area contributed by atoms with Crippen molar-refractivity contribution in [1.29, 1.82) is 0 Å². The first-order valence-electron chi connectivity index (χ1n) is 6.57. The zero-order valence-corrected chi connectivity index (χ0v) is 11.6. The standard InChI is InChI=1S/C16H15N3O2/c1-21-16(20)15-14(17)10-19(18-15)9-12-7-4-6-11-5-2-3-8-13(11)12/h2-8,10H,9,17H2,1H3. The molecule has 0 aliphatic carbocycles. The summed E-state index contributed by atoms with van der Waals surface area (Å²) >= 11 is 0. The number of esters is 1. The summed E-state index contributed by atoms with van der Waals surface area (Å²) in [5, 5.41) is 6.53. The van der Waals surface area contributed by atoms with Crippen LogP contribution in [0.3, 0.4) is 0 Å². The number of nitrogen functional groups attached to an aromatic ring is 1. The molecule has 3 rings (SSSR count). The number of nitrogens with zero attached hydrogens (tertiary/aromatic N) is 2. The molecule has 0 bridgehead atoms. The number of fused-ring (bicyclic) bond motifs is 1. The van der Waals surface area contributed by atoms with E-state index in [2.05, 4.69) is 28.0 Å². The molecule has 3 aromatic rings. The van der Waals surface area contributed by atoms with Gasteiger partial charge in [0.1, 0.15) is 0 Å². The number of hydrogen-bond acceptors (Lipinski definition) is 4. The minimum Gasteiger partial charge on any atom is -0.464 e. The molecular formula is C16H15N3O2. The highest BCUT2D eigenvalue weighted by Crippen LogP contribution is 2.20. The summed E-state index contributed by atoms with van der Waals surface area (Å²) in [7, 11) is 1.31. The Bertz CT molecular complexity index is 803. The van der Waals surface area contributed by atoms with Crippen LogP contribution in [0.25, 0.3) is 10.8 Å². The van der Waals surface area contributed by atoms with Gasteiger partial charge in [-0.05, 0) is 16.3 Å². The smallest absolute Gasteiger partial charge is 0.360 e. The van der Waals surface area contributed by atoms with Gasteiger partial charge in [-0.2, -0.15) is 5.10 Å². The van der Waals surface area contributed by atoms with Gasteiger partial charge in [-0.3, -0.25) is 4.68 Å². The Balaban J connectivity index is 1.98. The number of benzene rings is 2. The largest absolute Gasteiger partial charge is 0.464 e. The lowest BCUT2D eigenvalue weighted by atomic mass is 10.0. The van der Waals surface area contributed by atoms with Gasteiger partial charge in [0.05, 0.1) is 19.3 Å². The van der Waals surface area contributed by atoms with Gasteiger partial charge in [0.25, 0.3) is 0 Å². The Labute approximate surface area is 121 Å². The Morgan fingerprint density at radius 1 is 1.24 bits per heavy atom. The van der Waals surface area contributed by atoms with Crippen molar-refractivity contribution in [3.63, 3.8) is 0 Å². The number of methoxy groups -OCH3 is 1. The van der Waals surface area contributed by atoms with Crippen molar-refractivity contribution in [3.05, 3.63) is 59.9 Å². The van der Waals surface area contributed by atoms with E-state index in [1.807, 2.05) is 24.3 Å². The maximum Gasteiger partial charge on any atom is 0.360 e. The van der Waals surface area contributed by atoms with Crippen molar-refractivity contribution in [2.75, 3.05) is 12.8 Å². The van der Waals surface area contributed by atoms with Gasteiger partial charge in [-0.15, -0.1) is 0 Å². The van der Waals surface area contributed by atoms with E-state index in [0.29, 0.717) is 12.2 Å². The van der Waals surface area contributed by atoms with Crippen LogP contribution in [0.2, 0.25) is 0 Å². The second-order valence-corrected chi connectivity index (χ2v) is 4.76. The summed E-state index contributed by atoms with van der Waals surface area (Å²) < 4.78 is 6.31. The summed E-state index contributed by atoms with van der Waals surface area (Å²) in [5.41, 5.74) is 7.39. The minimum atomic E-state index is -0.524. The molecule has 106 valence electrons. The summed E-state index contributed by atoms with van der Waals surface area (Å²) in [6, 6.07) is 14.3. The predicted molar refractivity (Wildman–Crippen MR) is 81.0 cm³/mol. The number of ether oxygens (including phenoxy) is 1. The summed E-state index contributed by atoms with van der Waals surface area (Å²) in [5.74, 6) is -0.524. The number of aromatic nitrogens is 2. The van der Waals surface area contributed by atoms with E-state index in [4.69, 9.17) is 5.73 Å². The molecule has 0 saturated heterocycles. The minimum absolute atomic E-state index is 0.151. The van der Waals surface area contributed by atoms with E-state index in [-0.39, 0.29) is 5.69 Å². The fraction of sp³-hybridized carbons (Fsp3) is 0.125. The molecule has 0 radical (unpaired) electrons. The van der Waals surface area contributed by atoms with Gasteiger partial charge < -0.3 is 10.5 Å². The fourth-order valence-electron chi connectivity index (χ4n) is 2.38. The first-order chi connectivity index (χ1) is 10.2. The average Bonchev–Trinajstić information content (AvgIpc) is 2.87. The van der Waals surface area contributed by atoms with Gasteiger partial charge in [0.2, 0.25) is 0 Å². The zero-order chi connectivity index (χ0) is 14.8. The lowest BCUT2D eigenvalue weighted by Crippen LogP contribution is -2.07. The van der Waals surface area contributed by atoms with Crippen LogP contribution in [0.4, 0.5) is 5.69 Å². The first kappa shape index (κ1) is 13.2. The average molecular weight is 281 g/mol. The monoisotopic (exact) mass is 281 g/mol. The molecular weight excluding hydrogens is 266 g/mol. The lowest BCUT2D eigenvalue weighted by Gasteiger charge is -2.06. The molecule has 0 aliphatic rings. The SMILES string of the molecule is COC(=O)c1nn(Cc2cccc3ccccc23)cc1N. The van der Waals surface area contributed by atoms with Crippen molar-refractivity contribution < 1.29 is 9.53 Å². The molecule has 0 aliphatic heterocycles. The van der Waals surface area contributed by atoms with Crippen LogP contribution in [-0.4, -0.2) is 22.9 Å². The van der Waals surface area contributed by atoms with Gasteiger partial charge in [-0.25, -0.2) is 4.79 Å². The van der Waals surface area contributed by atoms with Gasteiger partial charge in [0, 0.05) is 6.20 Å². The molecule has 5 heteroatoms. The predicted octanol–water partition coefficient (Wildman–Crippen LogP) is 2.45. The van der Waals surface area contributed by atoms with Crippen LogP contribution in [0.15, 0.2) is 48.7 Å². The molecule has 2 N–H and O–H groups in total. The Morgan fingerprint density at radius 2 is 2.00 bits per heavy atom. The normalized spacial score (nSPS) is 10.7. The number of nitrogens with two attached hydrogens (primary N) is 1. The van der Waals surface area contributed by atoms with Crippen molar-refractivity contribution in [2.24, 2.45) is 0 Å². The lowest BCUT2D eigenvalue weighted by molar-refractivity contribution is 0.0594. The van der Waals surface area contributed by atoms with Crippen LogP contribution < -0.4 is 5.73 Å². The number of carbonyl (C=O) groups is 1. The van der Waals surface area contributed by atoms with Crippen LogP contribution >= 0.6 is 0 Å². The van der Waals surface area contributed by atoms with E-state index in [1.54, 1.807) is 10.9 Å². The molecule has 0 unspecified atom stereocenters. The van der Waals surface area contributed by atoms with Crippen LogP contribution in [0.1, 0.15) is 16.1 Å². The third-order valence-electron chi connectivity index (χ3n) is 3.38. The molecule has 2 aromatic carbocycles. The quantitative estimate of drug-likeness (QED) is 0.749. The highest BCUT2D eigenvalue weighted by atomic mass is 16.5. The summed E-state index contributed by atoms with van der Waals surface area (Å²) in [6.45, 7) is 0.544. The van der Waals surface area contributed by atoms with E-state index >= 15 is 0 Å². The number of anilines is 1. The first-order valence-corrected chi connectivity index (χ1v) is 6.57. The highest BCUT2D eigenvalue weighted by Gasteiger charge is 2.15. The summed E-state index contributed by atoms with van der Waals surface area (Å²) in [4.78, 5) is 11.5. The van der Waals surface area contributed by atoms with E-state index in [1.165, 1.54) is 12.5 Å². The Hall–Kier alpha value is -2.82. The van der Waals surface area contributed by atoms with Gasteiger partial charge in [-0.1, -0.05) is 42.5 Å². The second kappa shape index (κ2) is 5.28. The molecule has 0 atom stereocenters. The molecule has 0 spiro atoms. The van der Waals surface area contributed by atoms with Crippen LogP contribution in [0.5, 0.6) is 0 Å². The molecule has 0 fully saturated rings. The molecule has 1 heterocycles. The number of rotatable bonds is 3. The molecule has 5 nitrogen and oxygen atoms in total. The Morgan fingerprint density at radius 3 is 2.81 bits per heavy atom. The molecule has 1 aromatic heterocycles. The molecule has 0 amide bonds. The van der Waals surface area contributed by atoms with Crippen LogP contribution in [0, 0.1) is 0 Å². The van der Waals surface area contributed by atoms with Crippen molar-refractivity contribution in [3.8, 4) is 0 Å². The molecule has 21 heavy (non-hydrogen) atoms. The third kappa shape index (κ3) is 2.45. The van der Waals surface area contributed by atoms with E-state index in [9.17, 15) is 4.79 Å². The van der Waals surface area contributed by atoms with Crippen molar-refractivity contribution in [1.82, 2.24) is 9.78 Å². The number of carbonyl (C=O) groups excluding carboxylic acids is 1. The molecule has 0 saturated carbocycles. The van der Waals surface area contributed by atoms with Gasteiger partial charge >= 0.3 is 5.97 Å². The maximum absolute atomic E-state index is 11.5. The third-order valence-corrected chi connectivity index (χ3v) is 3.38. The maximum atomic E-state index is 11.5. The van der Waals surface area contributed by atoms with E-state index < -0.39 is 5.97 Å². The summed E-state index contributed by atoms with van der Waals surface area (Å²) in [6.07, 6.45) is 1.65. The number of hydrogen-bond donors (Lipinski definition) is 1. The zero-order valence-electron chi connectivity index (χ0n) is 11.6. The van der Waals surface area contributed by atoms with Crippen molar-refractivity contribution in [2.45, 2.75) is 6.54 Å². The topological polar surface area (TPSA) is 70.1 Å². The fourth-order valence-corrected chi connectivity index (χ4v) is 2.38. The van der Waals surface area contributed by atoms with Crippen molar-refractivity contribution >= 4 is 22.4 Å². The second-order valence-electron chi connectivity index (χ2n) is 4.76. The highest BCUT2D eigenvalue weighted by molar-refractivity contribution is 5.92.